The Bertz CT molecular complexity index is 992. The summed E-state index contributed by atoms with van der Waals surface area (Å²) in [4.78, 5) is 12.2. The number of benzene rings is 2. The fourth-order valence-electron chi connectivity index (χ4n) is 2.46. The maximum Gasteiger partial charge on any atom is 0.234 e. The molecule has 0 bridgehead atoms. The first kappa shape index (κ1) is 21.0. The molecule has 0 aliphatic carbocycles. The lowest BCUT2D eigenvalue weighted by Gasteiger charge is -2.09. The highest BCUT2D eigenvalue weighted by Gasteiger charge is 2.13. The van der Waals surface area contributed by atoms with E-state index >= 15 is 0 Å². The number of rotatable bonds is 8. The molecule has 2 aromatic carbocycles. The van der Waals surface area contributed by atoms with Crippen molar-refractivity contribution in [1.29, 1.82) is 0 Å². The molecule has 0 radical (unpaired) electrons. The van der Waals surface area contributed by atoms with E-state index < -0.39 is 0 Å². The molecule has 0 aliphatic heterocycles. The lowest BCUT2D eigenvalue weighted by Crippen LogP contribution is -2.14. The van der Waals surface area contributed by atoms with Crippen LogP contribution in [0.5, 0.6) is 11.5 Å². The predicted molar refractivity (Wildman–Crippen MR) is 114 cm³/mol. The lowest BCUT2D eigenvalue weighted by atomic mass is 10.2. The number of thioether (sulfide) groups is 1. The van der Waals surface area contributed by atoms with Crippen molar-refractivity contribution in [3.05, 3.63) is 58.9 Å². The molecule has 0 aliphatic rings. The fourth-order valence-corrected chi connectivity index (χ4v) is 3.36. The summed E-state index contributed by atoms with van der Waals surface area (Å²) in [5.74, 6) is 2.05. The second kappa shape index (κ2) is 9.67. The number of nitrogens with zero attached hydrogens (tertiary/aromatic N) is 3. The van der Waals surface area contributed by atoms with Crippen LogP contribution in [0.1, 0.15) is 11.4 Å². The summed E-state index contributed by atoms with van der Waals surface area (Å²) in [5.41, 5.74) is 1.76. The highest BCUT2D eigenvalue weighted by molar-refractivity contribution is 7.99. The van der Waals surface area contributed by atoms with Crippen LogP contribution in [0.4, 0.5) is 5.69 Å². The van der Waals surface area contributed by atoms with Crippen molar-refractivity contribution >= 4 is 35.0 Å². The summed E-state index contributed by atoms with van der Waals surface area (Å²) in [7, 11) is 3.43. The molecule has 0 saturated carbocycles. The van der Waals surface area contributed by atoms with Gasteiger partial charge in [-0.1, -0.05) is 29.4 Å². The third-order valence-electron chi connectivity index (χ3n) is 4.07. The Morgan fingerprint density at radius 1 is 1.21 bits per heavy atom. The van der Waals surface area contributed by atoms with Crippen LogP contribution in [0.25, 0.3) is 0 Å². The van der Waals surface area contributed by atoms with Crippen LogP contribution in [-0.4, -0.2) is 33.5 Å². The number of hydrogen-bond acceptors (Lipinski definition) is 6. The molecule has 1 aromatic heterocycles. The van der Waals surface area contributed by atoms with Gasteiger partial charge >= 0.3 is 0 Å². The van der Waals surface area contributed by atoms with Crippen LogP contribution in [-0.2, 0) is 18.4 Å². The first-order valence-corrected chi connectivity index (χ1v) is 10.2. The normalized spacial score (nSPS) is 10.6. The first-order chi connectivity index (χ1) is 14.0. The van der Waals surface area contributed by atoms with Gasteiger partial charge in [0.15, 0.2) is 11.0 Å². The third-order valence-corrected chi connectivity index (χ3v) is 5.41. The van der Waals surface area contributed by atoms with Crippen molar-refractivity contribution in [1.82, 2.24) is 14.8 Å². The smallest absolute Gasteiger partial charge is 0.234 e. The summed E-state index contributed by atoms with van der Waals surface area (Å²) < 4.78 is 12.7. The number of carbonyl (C=O) groups is 1. The van der Waals surface area contributed by atoms with Gasteiger partial charge in [-0.05, 0) is 48.9 Å². The van der Waals surface area contributed by atoms with Gasteiger partial charge in [0.05, 0.1) is 17.9 Å². The Labute approximate surface area is 178 Å². The molecule has 0 spiro atoms. The van der Waals surface area contributed by atoms with E-state index in [0.717, 1.165) is 11.3 Å². The second-order valence-electron chi connectivity index (χ2n) is 6.25. The SMILES string of the molecule is COc1ccc(NC(=O)CSc2nnc(COc3cc(C)ccc3Cl)n2C)cc1. The zero-order valence-electron chi connectivity index (χ0n) is 16.3. The molecule has 0 unspecified atom stereocenters. The Morgan fingerprint density at radius 2 is 1.97 bits per heavy atom. The van der Waals surface area contributed by atoms with Gasteiger partial charge < -0.3 is 19.4 Å². The molecule has 1 amide bonds. The van der Waals surface area contributed by atoms with Crippen molar-refractivity contribution in [2.45, 2.75) is 18.7 Å². The number of ether oxygens (including phenoxy) is 2. The molecule has 7 nitrogen and oxygen atoms in total. The minimum absolute atomic E-state index is 0.132. The molecule has 3 aromatic rings. The summed E-state index contributed by atoms with van der Waals surface area (Å²) in [6, 6.07) is 12.7. The molecule has 29 heavy (non-hydrogen) atoms. The van der Waals surface area contributed by atoms with Crippen molar-refractivity contribution in [3.63, 3.8) is 0 Å². The van der Waals surface area contributed by atoms with Gasteiger partial charge in [-0.3, -0.25) is 4.79 Å². The molecule has 1 N–H and O–H groups in total. The Hall–Kier alpha value is -2.71. The number of hydrogen-bond donors (Lipinski definition) is 1. The fraction of sp³-hybridized carbons (Fsp3) is 0.250. The van der Waals surface area contributed by atoms with Crippen LogP contribution in [0.2, 0.25) is 5.02 Å². The molecule has 3 rings (SSSR count). The molecule has 9 heteroatoms. The summed E-state index contributed by atoms with van der Waals surface area (Å²) in [5, 5.41) is 12.3. The summed E-state index contributed by atoms with van der Waals surface area (Å²) in [6.07, 6.45) is 0. The first-order valence-electron chi connectivity index (χ1n) is 8.80. The van der Waals surface area contributed by atoms with Crippen LogP contribution >= 0.6 is 23.4 Å². The second-order valence-corrected chi connectivity index (χ2v) is 7.60. The topological polar surface area (TPSA) is 78.3 Å². The Kier molecular flexibility index (Phi) is 7.00. The highest BCUT2D eigenvalue weighted by Crippen LogP contribution is 2.26. The number of halogens is 1. The van der Waals surface area contributed by atoms with E-state index in [0.29, 0.717) is 27.4 Å². The monoisotopic (exact) mass is 432 g/mol. The van der Waals surface area contributed by atoms with Gasteiger partial charge in [-0.2, -0.15) is 0 Å². The average Bonchev–Trinajstić information content (AvgIpc) is 3.07. The van der Waals surface area contributed by atoms with Crippen LogP contribution in [0, 0.1) is 6.92 Å². The van der Waals surface area contributed by atoms with E-state index in [2.05, 4.69) is 15.5 Å². The Balaban J connectivity index is 1.53. The van der Waals surface area contributed by atoms with Crippen molar-refractivity contribution in [3.8, 4) is 11.5 Å². The maximum absolute atomic E-state index is 12.2. The van der Waals surface area contributed by atoms with Gasteiger partial charge in [-0.15, -0.1) is 10.2 Å². The number of anilines is 1. The Morgan fingerprint density at radius 3 is 2.69 bits per heavy atom. The third kappa shape index (κ3) is 5.65. The van der Waals surface area contributed by atoms with Gasteiger partial charge in [0.1, 0.15) is 18.1 Å². The minimum Gasteiger partial charge on any atom is -0.497 e. The number of methoxy groups -OCH3 is 1. The molecule has 152 valence electrons. The molecule has 1 heterocycles. The van der Waals surface area contributed by atoms with Crippen LogP contribution in [0.3, 0.4) is 0 Å². The van der Waals surface area contributed by atoms with E-state index in [1.807, 2.05) is 26.1 Å². The van der Waals surface area contributed by atoms with Gasteiger partial charge in [0, 0.05) is 12.7 Å². The van der Waals surface area contributed by atoms with E-state index in [4.69, 9.17) is 21.1 Å². The largest absolute Gasteiger partial charge is 0.497 e. The van der Waals surface area contributed by atoms with Gasteiger partial charge in [-0.25, -0.2) is 0 Å². The van der Waals surface area contributed by atoms with Crippen LogP contribution in [0.15, 0.2) is 47.6 Å². The quantitative estimate of drug-likeness (QED) is 0.540. The van der Waals surface area contributed by atoms with Crippen molar-refractivity contribution in [2.24, 2.45) is 7.05 Å². The summed E-state index contributed by atoms with van der Waals surface area (Å²) in [6.45, 7) is 2.20. The minimum atomic E-state index is -0.132. The number of aromatic nitrogens is 3. The van der Waals surface area contributed by atoms with E-state index in [-0.39, 0.29) is 18.3 Å². The molecule has 0 saturated heterocycles. The summed E-state index contributed by atoms with van der Waals surface area (Å²) >= 11 is 7.45. The predicted octanol–water partition coefficient (Wildman–Crippen LogP) is 4.10. The molecular weight excluding hydrogens is 412 g/mol. The van der Waals surface area contributed by atoms with Crippen LogP contribution < -0.4 is 14.8 Å². The van der Waals surface area contributed by atoms with Gasteiger partial charge in [0.2, 0.25) is 5.91 Å². The lowest BCUT2D eigenvalue weighted by molar-refractivity contribution is -0.113. The zero-order valence-corrected chi connectivity index (χ0v) is 17.9. The van der Waals surface area contributed by atoms with E-state index in [9.17, 15) is 4.79 Å². The maximum atomic E-state index is 12.2. The van der Waals surface area contributed by atoms with E-state index in [1.54, 1.807) is 42.0 Å². The van der Waals surface area contributed by atoms with Crippen molar-refractivity contribution in [2.75, 3.05) is 18.2 Å². The standard InChI is InChI=1S/C20H21ClN4O3S/c1-13-4-9-16(21)17(10-13)28-11-18-23-24-20(25(18)2)29-12-19(26)22-14-5-7-15(27-3)8-6-14/h4-10H,11-12H2,1-3H3,(H,22,26). The number of carbonyl (C=O) groups excluding carboxylic acids is 1. The number of nitrogens with one attached hydrogen (secondary N) is 1. The van der Waals surface area contributed by atoms with E-state index in [1.165, 1.54) is 11.8 Å². The zero-order chi connectivity index (χ0) is 20.8. The number of amides is 1. The molecule has 0 atom stereocenters. The molecular formula is C20H21ClN4O3S. The van der Waals surface area contributed by atoms with Crippen molar-refractivity contribution < 1.29 is 14.3 Å². The van der Waals surface area contributed by atoms with Gasteiger partial charge in [0.25, 0.3) is 0 Å². The molecule has 0 fully saturated rings. The highest BCUT2D eigenvalue weighted by atomic mass is 35.5. The average molecular weight is 433 g/mol. The number of aryl methyl sites for hydroxylation is 1.